The molecule has 0 spiro atoms. The Morgan fingerprint density at radius 2 is 2.06 bits per heavy atom. The van der Waals surface area contributed by atoms with Gasteiger partial charge in [-0.2, -0.15) is 0 Å². The maximum atomic E-state index is 5.69. The fourth-order valence-electron chi connectivity index (χ4n) is 2.25. The van der Waals surface area contributed by atoms with E-state index in [-0.39, 0.29) is 0 Å². The molecule has 0 radical (unpaired) electrons. The summed E-state index contributed by atoms with van der Waals surface area (Å²) in [5, 5.41) is 3.52. The molecule has 0 saturated heterocycles. The fraction of sp³-hybridized carbons (Fsp3) is 1.00. The molecule has 1 rings (SSSR count). The van der Waals surface area contributed by atoms with Gasteiger partial charge in [0.1, 0.15) is 0 Å². The first-order chi connectivity index (χ1) is 8.45. The lowest BCUT2D eigenvalue weighted by Crippen LogP contribution is -2.46. The van der Waals surface area contributed by atoms with Crippen LogP contribution in [-0.4, -0.2) is 50.8 Å². The van der Waals surface area contributed by atoms with E-state index in [9.17, 15) is 0 Å². The molecule has 0 amide bonds. The Kier molecular flexibility index (Phi) is 6.61. The van der Waals surface area contributed by atoms with Crippen LogP contribution in [0, 0.1) is 11.3 Å². The first-order valence-electron chi connectivity index (χ1n) is 7.45. The van der Waals surface area contributed by atoms with Gasteiger partial charge in [0.15, 0.2) is 0 Å². The molecule has 0 aromatic rings. The summed E-state index contributed by atoms with van der Waals surface area (Å²) in [5.74, 6) is 0.875. The summed E-state index contributed by atoms with van der Waals surface area (Å²) in [6.07, 6.45) is 2.76. The zero-order valence-electron chi connectivity index (χ0n) is 13.0. The molecular weight excluding hydrogens is 224 g/mol. The number of hydrogen-bond acceptors (Lipinski definition) is 3. The second-order valence-corrected chi connectivity index (χ2v) is 6.52. The van der Waals surface area contributed by atoms with E-state index in [1.165, 1.54) is 12.8 Å². The molecule has 1 aliphatic rings. The third-order valence-corrected chi connectivity index (χ3v) is 4.03. The molecule has 0 aliphatic heterocycles. The predicted octanol–water partition coefficient (Wildman–Crippen LogP) is 2.37. The van der Waals surface area contributed by atoms with E-state index in [1.54, 1.807) is 0 Å². The standard InChI is InChI=1S/C15H32N2O/c1-6-16-13(2)15(3,4)12-17(5)9-10-18-11-14-7-8-14/h13-14,16H,6-12H2,1-5H3. The lowest BCUT2D eigenvalue weighted by molar-refractivity contribution is 0.0859. The second kappa shape index (κ2) is 7.46. The molecule has 0 aromatic carbocycles. The average molecular weight is 256 g/mol. The number of rotatable bonds is 10. The topological polar surface area (TPSA) is 24.5 Å². The summed E-state index contributed by atoms with van der Waals surface area (Å²) >= 11 is 0. The van der Waals surface area contributed by atoms with E-state index in [0.717, 1.165) is 38.8 Å². The van der Waals surface area contributed by atoms with Crippen molar-refractivity contribution in [2.24, 2.45) is 11.3 Å². The second-order valence-electron chi connectivity index (χ2n) is 6.52. The summed E-state index contributed by atoms with van der Waals surface area (Å²) in [7, 11) is 2.20. The van der Waals surface area contributed by atoms with Crippen molar-refractivity contribution in [1.29, 1.82) is 0 Å². The zero-order valence-corrected chi connectivity index (χ0v) is 13.0. The first kappa shape index (κ1) is 15.9. The summed E-state index contributed by atoms with van der Waals surface area (Å²) in [6, 6.07) is 0.539. The highest BCUT2D eigenvalue weighted by Crippen LogP contribution is 2.28. The average Bonchev–Trinajstić information content (AvgIpc) is 3.08. The van der Waals surface area contributed by atoms with Gasteiger partial charge in [-0.15, -0.1) is 0 Å². The van der Waals surface area contributed by atoms with E-state index in [0.29, 0.717) is 11.5 Å². The Hall–Kier alpha value is -0.120. The SMILES string of the molecule is CCNC(C)C(C)(C)CN(C)CCOCC1CC1. The number of hydrogen-bond donors (Lipinski definition) is 1. The van der Waals surface area contributed by atoms with Crippen molar-refractivity contribution >= 4 is 0 Å². The minimum Gasteiger partial charge on any atom is -0.380 e. The van der Waals surface area contributed by atoms with Crippen LogP contribution in [0.4, 0.5) is 0 Å². The van der Waals surface area contributed by atoms with Crippen LogP contribution in [0.15, 0.2) is 0 Å². The van der Waals surface area contributed by atoms with Crippen molar-refractivity contribution in [2.75, 3.05) is 39.9 Å². The minimum atomic E-state index is 0.293. The Balaban J connectivity index is 2.13. The molecule has 3 heteroatoms. The summed E-state index contributed by atoms with van der Waals surface area (Å²) in [4.78, 5) is 2.39. The van der Waals surface area contributed by atoms with Gasteiger partial charge in [-0.3, -0.25) is 0 Å². The molecule has 1 atom stereocenters. The van der Waals surface area contributed by atoms with Crippen LogP contribution in [0.1, 0.15) is 40.5 Å². The highest BCUT2D eigenvalue weighted by molar-refractivity contribution is 4.83. The fourth-order valence-corrected chi connectivity index (χ4v) is 2.25. The van der Waals surface area contributed by atoms with Gasteiger partial charge in [0.2, 0.25) is 0 Å². The van der Waals surface area contributed by atoms with Gasteiger partial charge in [0, 0.05) is 25.7 Å². The third kappa shape index (κ3) is 6.17. The van der Waals surface area contributed by atoms with Crippen molar-refractivity contribution in [1.82, 2.24) is 10.2 Å². The Morgan fingerprint density at radius 1 is 1.39 bits per heavy atom. The van der Waals surface area contributed by atoms with Crippen molar-refractivity contribution in [3.05, 3.63) is 0 Å². The quantitative estimate of drug-likeness (QED) is 0.607. The van der Waals surface area contributed by atoms with Crippen molar-refractivity contribution in [3.63, 3.8) is 0 Å². The molecule has 1 fully saturated rings. The number of nitrogens with one attached hydrogen (secondary N) is 1. The monoisotopic (exact) mass is 256 g/mol. The van der Waals surface area contributed by atoms with Gasteiger partial charge >= 0.3 is 0 Å². The van der Waals surface area contributed by atoms with Crippen molar-refractivity contribution in [2.45, 2.75) is 46.6 Å². The molecule has 1 aliphatic carbocycles. The Bertz CT molecular complexity index is 227. The molecule has 0 bridgehead atoms. The van der Waals surface area contributed by atoms with Crippen LogP contribution in [0.5, 0.6) is 0 Å². The molecule has 1 N–H and O–H groups in total. The molecule has 0 heterocycles. The van der Waals surface area contributed by atoms with E-state index >= 15 is 0 Å². The number of likely N-dealkylation sites (N-methyl/N-ethyl adjacent to an activating group) is 1. The maximum Gasteiger partial charge on any atom is 0.0593 e. The van der Waals surface area contributed by atoms with Crippen LogP contribution in [0.25, 0.3) is 0 Å². The Labute approximate surface area is 113 Å². The molecule has 0 aromatic heterocycles. The molecule has 3 nitrogen and oxygen atoms in total. The van der Waals surface area contributed by atoms with Crippen LogP contribution in [-0.2, 0) is 4.74 Å². The molecule has 108 valence electrons. The van der Waals surface area contributed by atoms with E-state index in [4.69, 9.17) is 4.74 Å². The van der Waals surface area contributed by atoms with Crippen LogP contribution in [0.2, 0.25) is 0 Å². The molecule has 1 unspecified atom stereocenters. The maximum absolute atomic E-state index is 5.69. The van der Waals surface area contributed by atoms with Crippen LogP contribution < -0.4 is 5.32 Å². The lowest BCUT2D eigenvalue weighted by atomic mass is 9.85. The smallest absolute Gasteiger partial charge is 0.0593 e. The van der Waals surface area contributed by atoms with Gasteiger partial charge in [-0.05, 0) is 44.7 Å². The van der Waals surface area contributed by atoms with E-state index in [2.05, 4.69) is 45.0 Å². The Morgan fingerprint density at radius 3 is 2.61 bits per heavy atom. The summed E-state index contributed by atoms with van der Waals surface area (Å²) in [6.45, 7) is 14.2. The largest absolute Gasteiger partial charge is 0.380 e. The summed E-state index contributed by atoms with van der Waals surface area (Å²) < 4.78 is 5.69. The van der Waals surface area contributed by atoms with Crippen molar-refractivity contribution in [3.8, 4) is 0 Å². The lowest BCUT2D eigenvalue weighted by Gasteiger charge is -2.36. The van der Waals surface area contributed by atoms with Gasteiger partial charge in [-0.25, -0.2) is 0 Å². The zero-order chi connectivity index (χ0) is 13.6. The van der Waals surface area contributed by atoms with Gasteiger partial charge in [0.05, 0.1) is 6.61 Å². The summed E-state index contributed by atoms with van der Waals surface area (Å²) in [5.41, 5.74) is 0.293. The third-order valence-electron chi connectivity index (χ3n) is 4.03. The molecular formula is C15H32N2O. The minimum absolute atomic E-state index is 0.293. The first-order valence-corrected chi connectivity index (χ1v) is 7.45. The van der Waals surface area contributed by atoms with Gasteiger partial charge < -0.3 is 15.0 Å². The number of ether oxygens (including phenoxy) is 1. The van der Waals surface area contributed by atoms with Crippen molar-refractivity contribution < 1.29 is 4.74 Å². The molecule has 1 saturated carbocycles. The predicted molar refractivity (Wildman–Crippen MR) is 78.0 cm³/mol. The number of nitrogens with zero attached hydrogens (tertiary/aromatic N) is 1. The van der Waals surface area contributed by atoms with E-state index < -0.39 is 0 Å². The molecule has 18 heavy (non-hydrogen) atoms. The van der Waals surface area contributed by atoms with Gasteiger partial charge in [0.25, 0.3) is 0 Å². The highest BCUT2D eigenvalue weighted by atomic mass is 16.5. The van der Waals surface area contributed by atoms with Crippen LogP contribution >= 0.6 is 0 Å². The normalized spacial score (nSPS) is 18.3. The highest BCUT2D eigenvalue weighted by Gasteiger charge is 2.26. The van der Waals surface area contributed by atoms with Gasteiger partial charge in [-0.1, -0.05) is 20.8 Å². The van der Waals surface area contributed by atoms with E-state index in [1.807, 2.05) is 0 Å². The van der Waals surface area contributed by atoms with Crippen LogP contribution in [0.3, 0.4) is 0 Å².